The first-order valence-electron chi connectivity index (χ1n) is 5.83. The number of methoxy groups -OCH3 is 1. The maximum absolute atomic E-state index is 13.5. The monoisotopic (exact) mass is 279 g/mol. The molecule has 100 valence electrons. The molecule has 0 spiro atoms. The van der Waals surface area contributed by atoms with Gasteiger partial charge in [-0.1, -0.05) is 6.07 Å². The van der Waals surface area contributed by atoms with E-state index in [1.165, 1.54) is 30.6 Å². The Morgan fingerprint density at radius 3 is 2.79 bits per heavy atom. The number of rotatable bonds is 5. The van der Waals surface area contributed by atoms with Gasteiger partial charge in [0, 0.05) is 17.5 Å². The first kappa shape index (κ1) is 13.7. The molecule has 0 bridgehead atoms. The summed E-state index contributed by atoms with van der Waals surface area (Å²) in [6, 6.07) is 4.57. The van der Waals surface area contributed by atoms with Crippen molar-refractivity contribution in [3.05, 3.63) is 45.7 Å². The van der Waals surface area contributed by atoms with Gasteiger partial charge in [-0.2, -0.15) is 0 Å². The molecule has 19 heavy (non-hydrogen) atoms. The number of hydrogen-bond donors (Lipinski definition) is 0. The van der Waals surface area contributed by atoms with E-state index in [0.717, 1.165) is 10.7 Å². The number of carbonyl (C=O) groups is 1. The molecule has 2 rings (SSSR count). The number of ketones is 1. The molecule has 0 aliphatic carbocycles. The molecule has 1 heterocycles. The highest BCUT2D eigenvalue weighted by atomic mass is 32.1. The van der Waals surface area contributed by atoms with Crippen molar-refractivity contribution < 1.29 is 13.9 Å². The number of nitrogens with zero attached hydrogens (tertiary/aromatic N) is 1. The highest BCUT2D eigenvalue weighted by molar-refractivity contribution is 7.09. The van der Waals surface area contributed by atoms with E-state index in [0.29, 0.717) is 12.0 Å². The van der Waals surface area contributed by atoms with E-state index < -0.39 is 5.82 Å². The Hall–Kier alpha value is -1.75. The normalized spacial score (nSPS) is 10.5. The van der Waals surface area contributed by atoms with E-state index in [1.807, 2.05) is 12.3 Å². The summed E-state index contributed by atoms with van der Waals surface area (Å²) in [5, 5.41) is 2.71. The van der Waals surface area contributed by atoms with Crippen molar-refractivity contribution in [1.29, 1.82) is 0 Å². The van der Waals surface area contributed by atoms with Gasteiger partial charge >= 0.3 is 0 Å². The summed E-state index contributed by atoms with van der Waals surface area (Å²) in [7, 11) is 1.41. The molecule has 0 fully saturated rings. The predicted octanol–water partition coefficient (Wildman–Crippen LogP) is 2.95. The Morgan fingerprint density at radius 2 is 2.21 bits per heavy atom. The van der Waals surface area contributed by atoms with Crippen LogP contribution in [-0.2, 0) is 17.6 Å². The minimum Gasteiger partial charge on any atom is -0.494 e. The second-order valence-corrected chi connectivity index (χ2v) is 5.19. The van der Waals surface area contributed by atoms with E-state index in [1.54, 1.807) is 6.07 Å². The van der Waals surface area contributed by atoms with E-state index in [4.69, 9.17) is 4.74 Å². The molecule has 0 atom stereocenters. The van der Waals surface area contributed by atoms with Gasteiger partial charge < -0.3 is 4.74 Å². The molecular formula is C14H14FNO2S. The van der Waals surface area contributed by atoms with Crippen LogP contribution < -0.4 is 4.74 Å². The molecule has 0 radical (unpaired) electrons. The number of hydrogen-bond acceptors (Lipinski definition) is 4. The highest BCUT2D eigenvalue weighted by Gasteiger charge is 2.10. The van der Waals surface area contributed by atoms with Crippen LogP contribution in [0.2, 0.25) is 0 Å². The molecule has 1 aromatic carbocycles. The lowest BCUT2D eigenvalue weighted by Gasteiger charge is -2.04. The van der Waals surface area contributed by atoms with Crippen molar-refractivity contribution in [2.24, 2.45) is 0 Å². The Bertz CT molecular complexity index is 595. The Morgan fingerprint density at radius 1 is 1.42 bits per heavy atom. The molecule has 0 saturated heterocycles. The lowest BCUT2D eigenvalue weighted by atomic mass is 10.1. The van der Waals surface area contributed by atoms with Crippen molar-refractivity contribution in [2.45, 2.75) is 19.8 Å². The standard InChI is InChI=1S/C14H14FNO2S/c1-9-8-19-14(16-9)7-11(17)5-10-3-4-13(18-2)12(15)6-10/h3-4,6,8H,5,7H2,1-2H3. The highest BCUT2D eigenvalue weighted by Crippen LogP contribution is 2.18. The molecular weight excluding hydrogens is 265 g/mol. The van der Waals surface area contributed by atoms with E-state index in [2.05, 4.69) is 4.98 Å². The minimum atomic E-state index is -0.446. The first-order chi connectivity index (χ1) is 9.08. The van der Waals surface area contributed by atoms with Gasteiger partial charge in [0.2, 0.25) is 0 Å². The fourth-order valence-corrected chi connectivity index (χ4v) is 2.56. The predicted molar refractivity (Wildman–Crippen MR) is 72.2 cm³/mol. The number of carbonyl (C=O) groups excluding carboxylic acids is 1. The van der Waals surface area contributed by atoms with E-state index >= 15 is 0 Å². The zero-order valence-electron chi connectivity index (χ0n) is 10.8. The van der Waals surface area contributed by atoms with Crippen molar-refractivity contribution in [3.8, 4) is 5.75 Å². The van der Waals surface area contributed by atoms with Gasteiger partial charge in [-0.05, 0) is 24.6 Å². The maximum Gasteiger partial charge on any atom is 0.165 e. The smallest absolute Gasteiger partial charge is 0.165 e. The fourth-order valence-electron chi connectivity index (χ4n) is 1.76. The summed E-state index contributed by atoms with van der Waals surface area (Å²) < 4.78 is 18.3. The SMILES string of the molecule is COc1ccc(CC(=O)Cc2nc(C)cs2)cc1F. The number of Topliss-reactive ketones (excluding diaryl/α,β-unsaturated/α-hetero) is 1. The van der Waals surface area contributed by atoms with Crippen LogP contribution in [0.3, 0.4) is 0 Å². The third-order valence-corrected chi connectivity index (χ3v) is 3.60. The second kappa shape index (κ2) is 5.93. The first-order valence-corrected chi connectivity index (χ1v) is 6.71. The van der Waals surface area contributed by atoms with Crippen LogP contribution in [0.5, 0.6) is 5.75 Å². The van der Waals surface area contributed by atoms with Crippen molar-refractivity contribution in [3.63, 3.8) is 0 Å². The van der Waals surface area contributed by atoms with Crippen molar-refractivity contribution in [1.82, 2.24) is 4.98 Å². The minimum absolute atomic E-state index is 0.0268. The summed E-state index contributed by atoms with van der Waals surface area (Å²) >= 11 is 1.47. The second-order valence-electron chi connectivity index (χ2n) is 4.24. The average molecular weight is 279 g/mol. The molecule has 2 aromatic rings. The lowest BCUT2D eigenvalue weighted by molar-refractivity contribution is -0.117. The van der Waals surface area contributed by atoms with Crippen LogP contribution in [0.4, 0.5) is 4.39 Å². The maximum atomic E-state index is 13.5. The molecule has 3 nitrogen and oxygen atoms in total. The number of benzene rings is 1. The average Bonchev–Trinajstić information content (AvgIpc) is 2.74. The zero-order valence-corrected chi connectivity index (χ0v) is 11.6. The van der Waals surface area contributed by atoms with Gasteiger partial charge in [0.25, 0.3) is 0 Å². The summed E-state index contributed by atoms with van der Waals surface area (Å²) in [5.74, 6) is -0.233. The van der Waals surface area contributed by atoms with Gasteiger partial charge in [0.15, 0.2) is 11.6 Å². The molecule has 0 amide bonds. The molecule has 0 aliphatic heterocycles. The third-order valence-electron chi connectivity index (χ3n) is 2.63. The summed E-state index contributed by atoms with van der Waals surface area (Å²) in [5.41, 5.74) is 1.57. The number of thiazole rings is 1. The van der Waals surface area contributed by atoms with Crippen LogP contribution in [0.25, 0.3) is 0 Å². The fraction of sp³-hybridized carbons (Fsp3) is 0.286. The lowest BCUT2D eigenvalue weighted by Crippen LogP contribution is -2.06. The van der Waals surface area contributed by atoms with Gasteiger partial charge in [-0.15, -0.1) is 11.3 Å². The van der Waals surface area contributed by atoms with Crippen LogP contribution >= 0.6 is 11.3 Å². The van der Waals surface area contributed by atoms with E-state index in [-0.39, 0.29) is 18.0 Å². The summed E-state index contributed by atoms with van der Waals surface area (Å²) in [4.78, 5) is 16.1. The quantitative estimate of drug-likeness (QED) is 0.844. The number of aryl methyl sites for hydroxylation is 1. The summed E-state index contributed by atoms with van der Waals surface area (Å²) in [6.45, 7) is 1.89. The Kier molecular flexibility index (Phi) is 4.27. The third kappa shape index (κ3) is 3.61. The molecule has 5 heteroatoms. The van der Waals surface area contributed by atoms with Crippen LogP contribution in [0, 0.1) is 12.7 Å². The molecule has 0 aliphatic rings. The zero-order chi connectivity index (χ0) is 13.8. The number of ether oxygens (including phenoxy) is 1. The van der Waals surface area contributed by atoms with Crippen LogP contribution in [0.15, 0.2) is 23.6 Å². The molecule has 0 unspecified atom stereocenters. The van der Waals surface area contributed by atoms with Gasteiger partial charge in [-0.3, -0.25) is 4.79 Å². The van der Waals surface area contributed by atoms with Crippen molar-refractivity contribution in [2.75, 3.05) is 7.11 Å². The van der Waals surface area contributed by atoms with Gasteiger partial charge in [0.05, 0.1) is 13.5 Å². The summed E-state index contributed by atoms with van der Waals surface area (Å²) in [6.07, 6.45) is 0.506. The van der Waals surface area contributed by atoms with Crippen LogP contribution in [-0.4, -0.2) is 17.9 Å². The van der Waals surface area contributed by atoms with Crippen molar-refractivity contribution >= 4 is 17.1 Å². The number of halogens is 1. The largest absolute Gasteiger partial charge is 0.494 e. The Balaban J connectivity index is 2.00. The van der Waals surface area contributed by atoms with Gasteiger partial charge in [0.1, 0.15) is 10.8 Å². The Labute approximate surface area is 115 Å². The van der Waals surface area contributed by atoms with Crippen LogP contribution in [0.1, 0.15) is 16.3 Å². The number of aromatic nitrogens is 1. The molecule has 0 N–H and O–H groups in total. The van der Waals surface area contributed by atoms with Gasteiger partial charge in [-0.25, -0.2) is 9.37 Å². The molecule has 0 saturated carbocycles. The molecule has 1 aromatic heterocycles. The van der Waals surface area contributed by atoms with E-state index in [9.17, 15) is 9.18 Å². The topological polar surface area (TPSA) is 39.2 Å².